The summed E-state index contributed by atoms with van der Waals surface area (Å²) in [5.41, 5.74) is 10.8. The summed E-state index contributed by atoms with van der Waals surface area (Å²) in [5, 5.41) is 13.4. The van der Waals surface area contributed by atoms with Crippen LogP contribution in [-0.2, 0) is 15.8 Å². The van der Waals surface area contributed by atoms with Crippen LogP contribution in [0.25, 0.3) is 5.57 Å². The molecule has 9 heteroatoms. The van der Waals surface area contributed by atoms with Crippen LogP contribution in [0.2, 0.25) is 0 Å². The fraction of sp³-hybridized carbons (Fsp3) is 0.339. The second-order valence-corrected chi connectivity index (χ2v) is 20.3. The Hall–Kier alpha value is -5.19. The Balaban J connectivity index is 1.07. The van der Waals surface area contributed by atoms with Gasteiger partial charge in [-0.15, -0.1) is 23.5 Å². The predicted octanol–water partition coefficient (Wildman–Crippen LogP) is 9.09. The largest absolute Gasteiger partial charge is 0.497 e. The second-order valence-electron chi connectivity index (χ2n) is 18.1. The van der Waals surface area contributed by atoms with Gasteiger partial charge in [0.1, 0.15) is 17.1 Å². The quantitative estimate of drug-likeness (QED) is 0.0911. The van der Waals surface area contributed by atoms with Crippen LogP contribution in [0, 0.1) is 0 Å². The number of ether oxygens (including phenoxy) is 3. The Morgan fingerprint density at radius 3 is 1.86 bits per heavy atom. The van der Waals surface area contributed by atoms with Gasteiger partial charge in [-0.25, -0.2) is 4.58 Å². The van der Waals surface area contributed by atoms with Gasteiger partial charge in [0, 0.05) is 43.0 Å². The molecule has 0 amide bonds. The van der Waals surface area contributed by atoms with Crippen molar-refractivity contribution in [3.05, 3.63) is 177 Å². The molecule has 0 atom stereocenters. The third-order valence-electron chi connectivity index (χ3n) is 14.1. The van der Waals surface area contributed by atoms with Crippen molar-refractivity contribution in [2.24, 2.45) is 0 Å². The number of aliphatic hydroxyl groups is 1. The minimum atomic E-state index is -0.941. The number of benzene rings is 6. The van der Waals surface area contributed by atoms with Crippen molar-refractivity contribution in [3.63, 3.8) is 0 Å². The van der Waals surface area contributed by atoms with Gasteiger partial charge in [0.15, 0.2) is 13.1 Å². The monoisotopic (exact) mass is 902 g/mol. The van der Waals surface area contributed by atoms with Crippen molar-refractivity contribution in [1.82, 2.24) is 4.58 Å². The molecule has 334 valence electrons. The maximum Gasteiger partial charge on any atom is 0.227 e. The number of hydrogen-bond donors (Lipinski definition) is 1. The van der Waals surface area contributed by atoms with Crippen LogP contribution in [0.1, 0.15) is 72.1 Å². The molecule has 0 unspecified atom stereocenters. The molecule has 6 aromatic rings. The third kappa shape index (κ3) is 8.13. The number of aliphatic hydroxyl groups excluding tert-OH is 1. The molecule has 7 nitrogen and oxygen atoms in total. The summed E-state index contributed by atoms with van der Waals surface area (Å²) in [4.78, 5) is 7.69. The van der Waals surface area contributed by atoms with E-state index in [9.17, 15) is 5.11 Å². The number of methoxy groups -OCH3 is 2. The number of piperidine rings is 1. The van der Waals surface area contributed by atoms with Gasteiger partial charge >= 0.3 is 0 Å². The summed E-state index contributed by atoms with van der Waals surface area (Å²) >= 11 is 4.02. The molecular formula is C56H60N3O4S2+. The van der Waals surface area contributed by atoms with Crippen molar-refractivity contribution >= 4 is 40.5 Å². The van der Waals surface area contributed by atoms with Crippen LogP contribution in [0.3, 0.4) is 0 Å². The number of anilines is 2. The minimum absolute atomic E-state index is 0.0188. The van der Waals surface area contributed by atoms with Crippen LogP contribution in [0.4, 0.5) is 11.4 Å². The van der Waals surface area contributed by atoms with Crippen molar-refractivity contribution in [2.45, 2.75) is 53.9 Å². The van der Waals surface area contributed by atoms with Gasteiger partial charge in [0.05, 0.1) is 48.7 Å². The molecule has 65 heavy (non-hydrogen) atoms. The van der Waals surface area contributed by atoms with E-state index in [2.05, 4.69) is 125 Å². The molecule has 0 bridgehead atoms. The molecule has 0 spiro atoms. The maximum absolute atomic E-state index is 10.7. The van der Waals surface area contributed by atoms with Crippen molar-refractivity contribution in [2.75, 3.05) is 88.0 Å². The molecule has 0 aromatic heterocycles. The Morgan fingerprint density at radius 1 is 0.677 bits per heavy atom. The Labute approximate surface area is 392 Å². The SMILES string of the molecule is COc1ccc(C(OCCN(CCO)c2ccc3c(c2)C(C)(C)c2cc(N4CCCCC4)ccc2C3=c2cc3c4c(c2)SCC[N+]=4CCS3)(c2ccccc2)c2ccc(OC)cc2)cc1. The summed E-state index contributed by atoms with van der Waals surface area (Å²) in [6.07, 6.45) is 3.79. The normalized spacial score (nSPS) is 16.4. The summed E-state index contributed by atoms with van der Waals surface area (Å²) in [6.45, 7) is 10.7. The molecule has 0 saturated carbocycles. The van der Waals surface area contributed by atoms with E-state index in [1.165, 1.54) is 73.1 Å². The summed E-state index contributed by atoms with van der Waals surface area (Å²) in [6, 6.07) is 46.1. The van der Waals surface area contributed by atoms with E-state index >= 15 is 0 Å². The average molecular weight is 903 g/mol. The fourth-order valence-corrected chi connectivity index (χ4v) is 13.0. The van der Waals surface area contributed by atoms with Gasteiger partial charge in [0.2, 0.25) is 5.36 Å². The first kappa shape index (κ1) is 43.7. The number of nitrogens with zero attached hydrogens (tertiary/aromatic N) is 3. The van der Waals surface area contributed by atoms with Crippen molar-refractivity contribution in [1.29, 1.82) is 0 Å². The van der Waals surface area contributed by atoms with E-state index in [1.54, 1.807) is 14.2 Å². The first-order valence-corrected chi connectivity index (χ1v) is 25.2. The molecule has 10 rings (SSSR count). The van der Waals surface area contributed by atoms with Gasteiger partial charge in [-0.05, 0) is 130 Å². The van der Waals surface area contributed by atoms with Crippen molar-refractivity contribution < 1.29 is 19.3 Å². The predicted molar refractivity (Wildman–Crippen MR) is 268 cm³/mol. The topological polar surface area (TPSA) is 57.4 Å². The second kappa shape index (κ2) is 18.6. The van der Waals surface area contributed by atoms with E-state index in [0.29, 0.717) is 19.7 Å². The lowest BCUT2D eigenvalue weighted by Crippen LogP contribution is -2.42. The molecule has 3 heterocycles. The van der Waals surface area contributed by atoms with Gasteiger partial charge in [0.25, 0.3) is 0 Å². The van der Waals surface area contributed by atoms with E-state index < -0.39 is 5.60 Å². The molecule has 1 N–H and O–H groups in total. The number of thioether (sulfide) groups is 2. The lowest BCUT2D eigenvalue weighted by atomic mass is 9.66. The van der Waals surface area contributed by atoms with Crippen LogP contribution < -0.4 is 34.4 Å². The van der Waals surface area contributed by atoms with Crippen LogP contribution in [-0.4, -0.2) is 83.3 Å². The average Bonchev–Trinajstić information content (AvgIpc) is 3.36. The third-order valence-corrected chi connectivity index (χ3v) is 16.1. The lowest BCUT2D eigenvalue weighted by Gasteiger charge is -2.39. The van der Waals surface area contributed by atoms with E-state index in [4.69, 9.17) is 14.2 Å². The van der Waals surface area contributed by atoms with Crippen LogP contribution in [0.5, 0.6) is 11.5 Å². The van der Waals surface area contributed by atoms with Gasteiger partial charge in [-0.3, -0.25) is 0 Å². The summed E-state index contributed by atoms with van der Waals surface area (Å²) in [7, 11) is 3.38. The minimum Gasteiger partial charge on any atom is -0.497 e. The highest BCUT2D eigenvalue weighted by atomic mass is 32.2. The summed E-state index contributed by atoms with van der Waals surface area (Å²) in [5.74, 6) is 3.81. The van der Waals surface area contributed by atoms with Crippen LogP contribution >= 0.6 is 23.5 Å². The first-order chi connectivity index (χ1) is 31.8. The number of rotatable bonds is 13. The Kier molecular flexibility index (Phi) is 12.5. The highest BCUT2D eigenvalue weighted by molar-refractivity contribution is 8.00. The highest BCUT2D eigenvalue weighted by Crippen LogP contribution is 2.48. The highest BCUT2D eigenvalue weighted by Gasteiger charge is 2.39. The van der Waals surface area contributed by atoms with E-state index in [0.717, 1.165) is 71.6 Å². The fourth-order valence-electron chi connectivity index (χ4n) is 10.7. The molecule has 6 aromatic carbocycles. The first-order valence-electron chi connectivity index (χ1n) is 23.3. The van der Waals surface area contributed by atoms with Gasteiger partial charge < -0.3 is 29.1 Å². The zero-order valence-electron chi connectivity index (χ0n) is 38.1. The molecule has 1 saturated heterocycles. The van der Waals surface area contributed by atoms with Gasteiger partial charge in [-0.2, -0.15) is 0 Å². The summed E-state index contributed by atoms with van der Waals surface area (Å²) < 4.78 is 21.1. The Morgan fingerprint density at radius 2 is 1.26 bits per heavy atom. The van der Waals surface area contributed by atoms with E-state index in [1.807, 2.05) is 53.9 Å². The molecule has 1 aliphatic carbocycles. The molecule has 0 radical (unpaired) electrons. The van der Waals surface area contributed by atoms with Crippen LogP contribution in [0.15, 0.2) is 137 Å². The zero-order valence-corrected chi connectivity index (χ0v) is 39.8. The zero-order chi connectivity index (χ0) is 44.5. The number of fused-ring (bicyclic) bond motifs is 2. The molecular weight excluding hydrogens is 843 g/mol. The maximum atomic E-state index is 10.7. The van der Waals surface area contributed by atoms with Gasteiger partial charge in [-0.1, -0.05) is 80.6 Å². The van der Waals surface area contributed by atoms with E-state index in [-0.39, 0.29) is 12.0 Å². The molecule has 1 fully saturated rings. The smallest absolute Gasteiger partial charge is 0.227 e. The number of hydrogen-bond acceptors (Lipinski definition) is 8. The Bertz CT molecular complexity index is 2720. The van der Waals surface area contributed by atoms with Crippen molar-refractivity contribution in [3.8, 4) is 11.5 Å². The molecule has 3 aliphatic heterocycles. The lowest BCUT2D eigenvalue weighted by molar-refractivity contribution is 0.0170. The standard InChI is InChI=1S/C56H60N3O4S2/c1-55(2)49-37-43(57-25-9-6-10-26-57)17-23-47(49)53(39-35-51-54-52(36-39)65-34-30-59(54)29-33-64-51)48-24-18-44(38-50(48)55)58(27-31-60)28-32-63-56(40-11-7-5-8-12-40,41-13-19-45(61-3)20-14-41)42-15-21-46(62-4)22-16-42/h5,7-8,11-24,35-38,60H,6,9-10,25-34H2,1-4H3/q+1. The molecule has 4 aliphatic rings.